The first-order chi connectivity index (χ1) is 25.9. The van der Waals surface area contributed by atoms with E-state index in [9.17, 15) is 0 Å². The largest absolute Gasteiger partial charge is 0.494 e. The Balaban J connectivity index is 1.27. The molecule has 1 atom stereocenters. The standard InChI is InChI=1S/C42H43Cl2N8O2/c1-9-50-21-35(32-19-28(12-15-34(32)50)41-45-22-48(7)47-41)51-20-25(4)52-39-31(13-14-33(43)37(39)36-26(5)46-49(8)27(36)6)30(40(52)42(51)53)11-10-16-54-29-17-23(2)38(44)24(3)18-29/h12-15,17-19,21-22,25H,1,9-11,16,20H2,2-8H3/t25-/m1/s1. The van der Waals surface area contributed by atoms with Crippen molar-refractivity contribution in [2.24, 2.45) is 14.1 Å². The van der Waals surface area contributed by atoms with Crippen LogP contribution in [-0.2, 0) is 27.1 Å². The van der Waals surface area contributed by atoms with Crippen molar-refractivity contribution in [2.75, 3.05) is 18.1 Å². The second-order valence-electron chi connectivity index (χ2n) is 14.5. The fraction of sp³-hybridized carbons (Fsp3) is 0.310. The maximum atomic E-state index is 15.2. The van der Waals surface area contributed by atoms with E-state index in [0.29, 0.717) is 49.1 Å². The average Bonchev–Trinajstić information content (AvgIpc) is 3.89. The monoisotopic (exact) mass is 761 g/mol. The number of amides is 1. The highest BCUT2D eigenvalue weighted by molar-refractivity contribution is 6.35. The predicted octanol–water partition coefficient (Wildman–Crippen LogP) is 9.40. The van der Waals surface area contributed by atoms with Gasteiger partial charge < -0.3 is 18.8 Å². The summed E-state index contributed by atoms with van der Waals surface area (Å²) >= 11 is 13.6. The van der Waals surface area contributed by atoms with Gasteiger partial charge in [0.1, 0.15) is 17.8 Å². The molecule has 0 spiro atoms. The molecule has 1 aliphatic rings. The summed E-state index contributed by atoms with van der Waals surface area (Å²) in [4.78, 5) is 21.7. The number of ether oxygens (including phenoxy) is 1. The Kier molecular flexibility index (Phi) is 9.09. The van der Waals surface area contributed by atoms with Gasteiger partial charge in [-0.15, -0.1) is 0 Å². The van der Waals surface area contributed by atoms with E-state index < -0.39 is 0 Å². The normalized spacial score (nSPS) is 14.5. The maximum Gasteiger partial charge on any atom is 0.275 e. The first kappa shape index (κ1) is 35.9. The molecule has 0 saturated heterocycles. The van der Waals surface area contributed by atoms with Crippen LogP contribution in [-0.4, -0.2) is 52.7 Å². The summed E-state index contributed by atoms with van der Waals surface area (Å²) in [6, 6.07) is 14.0. The van der Waals surface area contributed by atoms with Crippen molar-refractivity contribution < 1.29 is 9.53 Å². The lowest BCUT2D eigenvalue weighted by molar-refractivity contribution is 0.0957. The van der Waals surface area contributed by atoms with Crippen LogP contribution < -0.4 is 9.64 Å². The fourth-order valence-electron chi connectivity index (χ4n) is 8.23. The highest BCUT2D eigenvalue weighted by Crippen LogP contribution is 2.46. The van der Waals surface area contributed by atoms with Crippen LogP contribution in [0.4, 0.5) is 5.69 Å². The molecule has 0 bridgehead atoms. The molecule has 1 amide bonds. The Hall–Kier alpha value is -5.06. The topological polar surface area (TPSA) is 87.9 Å². The number of fused-ring (bicyclic) bond motifs is 4. The van der Waals surface area contributed by atoms with Gasteiger partial charge in [0.05, 0.1) is 34.0 Å². The minimum Gasteiger partial charge on any atom is -0.494 e. The highest BCUT2D eigenvalue weighted by atomic mass is 35.5. The molecule has 1 radical (unpaired) electrons. The van der Waals surface area contributed by atoms with Gasteiger partial charge in [-0.05, 0) is 107 Å². The fourth-order valence-corrected chi connectivity index (χ4v) is 8.58. The smallest absolute Gasteiger partial charge is 0.275 e. The van der Waals surface area contributed by atoms with Crippen molar-refractivity contribution in [1.82, 2.24) is 33.7 Å². The number of carbonyl (C=O) groups is 1. The van der Waals surface area contributed by atoms with Crippen LogP contribution in [0.5, 0.6) is 5.75 Å². The number of hydrogen-bond donors (Lipinski definition) is 0. The molecule has 0 N–H and O–H groups in total. The van der Waals surface area contributed by atoms with Gasteiger partial charge in [-0.3, -0.25) is 14.2 Å². The minimum absolute atomic E-state index is 0.0599. The molecule has 0 aliphatic carbocycles. The quantitative estimate of drug-likeness (QED) is 0.137. The van der Waals surface area contributed by atoms with Gasteiger partial charge >= 0.3 is 0 Å². The van der Waals surface area contributed by atoms with Gasteiger partial charge in [-0.2, -0.15) is 10.2 Å². The van der Waals surface area contributed by atoms with Gasteiger partial charge in [0.2, 0.25) is 0 Å². The lowest BCUT2D eigenvalue weighted by Gasteiger charge is -2.34. The molecule has 54 heavy (non-hydrogen) atoms. The van der Waals surface area contributed by atoms with Crippen LogP contribution >= 0.6 is 23.2 Å². The molecule has 277 valence electrons. The second-order valence-corrected chi connectivity index (χ2v) is 15.2. The minimum atomic E-state index is -0.0847. The Morgan fingerprint density at radius 3 is 2.39 bits per heavy atom. The van der Waals surface area contributed by atoms with E-state index in [1.165, 1.54) is 0 Å². The third-order valence-electron chi connectivity index (χ3n) is 10.8. The van der Waals surface area contributed by atoms with Gasteiger partial charge in [0.25, 0.3) is 5.91 Å². The average molecular weight is 763 g/mol. The molecule has 4 aromatic heterocycles. The van der Waals surface area contributed by atoms with E-state index in [2.05, 4.69) is 58.2 Å². The van der Waals surface area contributed by atoms with Crippen molar-refractivity contribution in [3.05, 3.63) is 106 Å². The number of aryl methyl sites for hydroxylation is 6. The zero-order valence-electron chi connectivity index (χ0n) is 31.7. The van der Waals surface area contributed by atoms with Crippen molar-refractivity contribution in [1.29, 1.82) is 0 Å². The van der Waals surface area contributed by atoms with Crippen molar-refractivity contribution in [3.63, 3.8) is 0 Å². The summed E-state index contributed by atoms with van der Waals surface area (Å²) < 4.78 is 14.2. The molecule has 0 fully saturated rings. The number of carbonyl (C=O) groups excluding carboxylic acids is 1. The number of rotatable bonds is 9. The van der Waals surface area contributed by atoms with Crippen LogP contribution in [0.25, 0.3) is 44.3 Å². The molecular formula is C42H43Cl2N8O2. The Labute approximate surface area is 324 Å². The lowest BCUT2D eigenvalue weighted by Crippen LogP contribution is -2.42. The van der Waals surface area contributed by atoms with E-state index >= 15 is 4.79 Å². The van der Waals surface area contributed by atoms with Gasteiger partial charge in [0.15, 0.2) is 5.82 Å². The number of benzene rings is 3. The molecule has 3 aromatic carbocycles. The lowest BCUT2D eigenvalue weighted by atomic mass is 9.98. The summed E-state index contributed by atoms with van der Waals surface area (Å²) in [6.45, 7) is 15.9. The first-order valence-electron chi connectivity index (χ1n) is 18.2. The van der Waals surface area contributed by atoms with E-state index in [1.807, 2.05) is 74.9 Å². The van der Waals surface area contributed by atoms with E-state index in [-0.39, 0.29) is 11.9 Å². The van der Waals surface area contributed by atoms with E-state index in [4.69, 9.17) is 33.0 Å². The zero-order chi connectivity index (χ0) is 38.2. The van der Waals surface area contributed by atoms with Gasteiger partial charge in [0, 0.05) is 77.6 Å². The maximum absolute atomic E-state index is 15.2. The molecule has 0 saturated carbocycles. The third kappa shape index (κ3) is 5.78. The first-order valence-corrected chi connectivity index (χ1v) is 19.0. The molecular weight excluding hydrogens is 719 g/mol. The third-order valence-corrected chi connectivity index (χ3v) is 11.7. The van der Waals surface area contributed by atoms with Crippen molar-refractivity contribution in [3.8, 4) is 28.3 Å². The molecule has 5 heterocycles. The summed E-state index contributed by atoms with van der Waals surface area (Å²) in [5.41, 5.74) is 11.1. The number of anilines is 1. The van der Waals surface area contributed by atoms with Crippen LogP contribution in [0.1, 0.15) is 58.0 Å². The number of hydrogen-bond acceptors (Lipinski definition) is 5. The summed E-state index contributed by atoms with van der Waals surface area (Å²) in [5.74, 6) is 1.35. The summed E-state index contributed by atoms with van der Waals surface area (Å²) in [6.07, 6.45) is 5.05. The van der Waals surface area contributed by atoms with Gasteiger partial charge in [-0.25, -0.2) is 4.98 Å². The Bertz CT molecular complexity index is 2600. The SMILES string of the molecule is [CH2]Cn1cc(N2C[C@@H](C)n3c(c(CCCOc4cc(C)c(Cl)c(C)c4)c4ccc(Cl)c(-c5c(C)nn(C)c5C)c43)C2=O)c2cc(-c3ncn(C)n3)ccc21. The van der Waals surface area contributed by atoms with Crippen LogP contribution in [0.15, 0.2) is 55.0 Å². The molecule has 12 heteroatoms. The summed E-state index contributed by atoms with van der Waals surface area (Å²) in [7, 11) is 3.80. The molecule has 1 aliphatic heterocycles. The van der Waals surface area contributed by atoms with E-state index in [1.54, 1.807) is 11.0 Å². The highest BCUT2D eigenvalue weighted by Gasteiger charge is 2.37. The molecule has 7 aromatic rings. The zero-order valence-corrected chi connectivity index (χ0v) is 33.2. The number of aromatic nitrogens is 7. The molecule has 8 rings (SSSR count). The number of nitrogens with zero attached hydrogens (tertiary/aromatic N) is 8. The second kappa shape index (κ2) is 13.7. The summed E-state index contributed by atoms with van der Waals surface area (Å²) in [5, 5.41) is 12.6. The van der Waals surface area contributed by atoms with Crippen LogP contribution in [0.2, 0.25) is 10.0 Å². The van der Waals surface area contributed by atoms with Crippen molar-refractivity contribution >= 4 is 56.6 Å². The Morgan fingerprint density at radius 2 is 1.72 bits per heavy atom. The van der Waals surface area contributed by atoms with E-state index in [0.717, 1.165) is 83.0 Å². The van der Waals surface area contributed by atoms with Crippen LogP contribution in [0.3, 0.4) is 0 Å². The van der Waals surface area contributed by atoms with Gasteiger partial charge in [-0.1, -0.05) is 29.3 Å². The molecule has 0 unspecified atom stereocenters. The molecule has 10 nitrogen and oxygen atoms in total. The number of halogens is 2. The van der Waals surface area contributed by atoms with Crippen molar-refractivity contribution in [2.45, 2.75) is 60.0 Å². The predicted molar refractivity (Wildman–Crippen MR) is 217 cm³/mol. The Morgan fingerprint density at radius 1 is 0.963 bits per heavy atom. The van der Waals surface area contributed by atoms with Crippen LogP contribution in [0, 0.1) is 34.6 Å².